The maximum atomic E-state index is 12.2. The van der Waals surface area contributed by atoms with Crippen molar-refractivity contribution >= 4 is 11.9 Å². The number of hydrogen-bond donors (Lipinski definition) is 1. The van der Waals surface area contributed by atoms with Crippen LogP contribution in [-0.2, 0) is 6.42 Å². The number of carbonyl (C=O) groups excluding carboxylic acids is 1. The zero-order valence-electron chi connectivity index (χ0n) is 14.2. The molecule has 0 saturated carbocycles. The Morgan fingerprint density at radius 3 is 2.33 bits per heavy atom. The zero-order valence-corrected chi connectivity index (χ0v) is 14.2. The van der Waals surface area contributed by atoms with Gasteiger partial charge in [-0.15, -0.1) is 0 Å². The minimum absolute atomic E-state index is 0.134. The molecule has 0 atom stereocenters. The van der Waals surface area contributed by atoms with Crippen LogP contribution in [0, 0.1) is 0 Å². The SMILES string of the molecule is CCCc1cc(C=CC(=O)c2ccc(O)cc2)c(OC)cc1OC. The van der Waals surface area contributed by atoms with Crippen molar-refractivity contribution in [1.29, 1.82) is 0 Å². The highest BCUT2D eigenvalue weighted by Gasteiger charge is 2.10. The summed E-state index contributed by atoms with van der Waals surface area (Å²) < 4.78 is 10.8. The molecule has 0 unspecified atom stereocenters. The maximum Gasteiger partial charge on any atom is 0.185 e. The number of phenolic OH excluding ortho intramolecular Hbond substituents is 1. The molecule has 0 radical (unpaired) electrons. The van der Waals surface area contributed by atoms with Crippen LogP contribution in [0.1, 0.15) is 34.8 Å². The molecule has 0 bridgehead atoms. The third-order valence-corrected chi connectivity index (χ3v) is 3.72. The second-order valence-electron chi connectivity index (χ2n) is 5.40. The lowest BCUT2D eigenvalue weighted by atomic mass is 10.0. The molecule has 0 fully saturated rings. The molecule has 126 valence electrons. The molecule has 0 aliphatic heterocycles. The van der Waals surface area contributed by atoms with Crippen LogP contribution in [-0.4, -0.2) is 25.1 Å². The molecule has 0 spiro atoms. The van der Waals surface area contributed by atoms with Crippen molar-refractivity contribution in [3.05, 3.63) is 59.2 Å². The molecular formula is C20H22O4. The number of aryl methyl sites for hydroxylation is 1. The third-order valence-electron chi connectivity index (χ3n) is 3.72. The first-order valence-corrected chi connectivity index (χ1v) is 7.85. The smallest absolute Gasteiger partial charge is 0.185 e. The summed E-state index contributed by atoms with van der Waals surface area (Å²) in [5.41, 5.74) is 2.43. The van der Waals surface area contributed by atoms with Crippen molar-refractivity contribution in [3.8, 4) is 17.2 Å². The predicted molar refractivity (Wildman–Crippen MR) is 95.0 cm³/mol. The van der Waals surface area contributed by atoms with Crippen LogP contribution in [0.4, 0.5) is 0 Å². The first-order valence-electron chi connectivity index (χ1n) is 7.85. The van der Waals surface area contributed by atoms with E-state index in [4.69, 9.17) is 9.47 Å². The molecule has 1 N–H and O–H groups in total. The van der Waals surface area contributed by atoms with Crippen LogP contribution in [0.15, 0.2) is 42.5 Å². The molecule has 4 nitrogen and oxygen atoms in total. The van der Waals surface area contributed by atoms with E-state index in [0.29, 0.717) is 11.3 Å². The quantitative estimate of drug-likeness (QED) is 0.610. The summed E-state index contributed by atoms with van der Waals surface area (Å²) in [6.45, 7) is 2.10. The highest BCUT2D eigenvalue weighted by molar-refractivity contribution is 6.07. The fourth-order valence-corrected chi connectivity index (χ4v) is 2.47. The summed E-state index contributed by atoms with van der Waals surface area (Å²) in [6, 6.07) is 10.0. The number of methoxy groups -OCH3 is 2. The lowest BCUT2D eigenvalue weighted by Gasteiger charge is -2.12. The van der Waals surface area contributed by atoms with E-state index < -0.39 is 0 Å². The molecule has 0 heterocycles. The Labute approximate surface area is 142 Å². The van der Waals surface area contributed by atoms with E-state index >= 15 is 0 Å². The van der Waals surface area contributed by atoms with Crippen molar-refractivity contribution in [2.24, 2.45) is 0 Å². The van der Waals surface area contributed by atoms with Crippen LogP contribution in [0.3, 0.4) is 0 Å². The Bertz CT molecular complexity index is 730. The van der Waals surface area contributed by atoms with Gasteiger partial charge in [0.05, 0.1) is 14.2 Å². The van der Waals surface area contributed by atoms with E-state index in [-0.39, 0.29) is 11.5 Å². The van der Waals surface area contributed by atoms with Gasteiger partial charge in [0, 0.05) is 17.2 Å². The minimum Gasteiger partial charge on any atom is -0.508 e. The Morgan fingerprint density at radius 2 is 1.75 bits per heavy atom. The van der Waals surface area contributed by atoms with Crippen molar-refractivity contribution in [1.82, 2.24) is 0 Å². The maximum absolute atomic E-state index is 12.2. The number of phenols is 1. The highest BCUT2D eigenvalue weighted by atomic mass is 16.5. The Hall–Kier alpha value is -2.75. The first kappa shape index (κ1) is 17.6. The van der Waals surface area contributed by atoms with Gasteiger partial charge in [0.2, 0.25) is 0 Å². The molecular weight excluding hydrogens is 304 g/mol. The van der Waals surface area contributed by atoms with Crippen LogP contribution in [0.25, 0.3) is 6.08 Å². The number of rotatable bonds is 7. The van der Waals surface area contributed by atoms with Gasteiger partial charge in [0.15, 0.2) is 5.78 Å². The molecule has 2 rings (SSSR count). The van der Waals surface area contributed by atoms with Crippen LogP contribution in [0.5, 0.6) is 17.2 Å². The van der Waals surface area contributed by atoms with Crippen LogP contribution in [0.2, 0.25) is 0 Å². The summed E-state index contributed by atoms with van der Waals surface area (Å²) in [5.74, 6) is 1.44. The predicted octanol–water partition coefficient (Wildman–Crippen LogP) is 4.26. The van der Waals surface area contributed by atoms with Gasteiger partial charge in [0.1, 0.15) is 17.2 Å². The monoisotopic (exact) mass is 326 g/mol. The van der Waals surface area contributed by atoms with Crippen LogP contribution < -0.4 is 9.47 Å². The molecule has 2 aromatic rings. The van der Waals surface area contributed by atoms with E-state index in [1.807, 2.05) is 12.1 Å². The van der Waals surface area contributed by atoms with Crippen LogP contribution >= 0.6 is 0 Å². The molecule has 0 aliphatic rings. The van der Waals surface area contributed by atoms with Crippen molar-refractivity contribution in [2.45, 2.75) is 19.8 Å². The summed E-state index contributed by atoms with van der Waals surface area (Å²) >= 11 is 0. The third kappa shape index (κ3) is 4.16. The standard InChI is InChI=1S/C20H22O4/c1-4-5-15-12-16(20(24-3)13-19(15)23-2)8-11-18(22)14-6-9-17(21)10-7-14/h6-13,21H,4-5H2,1-3H3. The number of hydrogen-bond acceptors (Lipinski definition) is 4. The topological polar surface area (TPSA) is 55.8 Å². The van der Waals surface area contributed by atoms with Crippen molar-refractivity contribution in [2.75, 3.05) is 14.2 Å². The molecule has 2 aromatic carbocycles. The largest absolute Gasteiger partial charge is 0.508 e. The van der Waals surface area contributed by atoms with Gasteiger partial charge in [0.25, 0.3) is 0 Å². The minimum atomic E-state index is -0.134. The number of aromatic hydroxyl groups is 1. The number of carbonyl (C=O) groups is 1. The fourth-order valence-electron chi connectivity index (χ4n) is 2.47. The van der Waals surface area contributed by atoms with Gasteiger partial charge in [-0.25, -0.2) is 0 Å². The first-order chi connectivity index (χ1) is 11.6. The molecule has 0 amide bonds. The second kappa shape index (κ2) is 8.20. The normalized spacial score (nSPS) is 10.8. The average Bonchev–Trinajstić information content (AvgIpc) is 2.60. The summed E-state index contributed by atoms with van der Waals surface area (Å²) in [5, 5.41) is 9.29. The molecule has 0 aromatic heterocycles. The number of ketones is 1. The van der Waals surface area contributed by atoms with E-state index in [1.165, 1.54) is 18.2 Å². The Balaban J connectivity index is 2.31. The molecule has 4 heteroatoms. The number of allylic oxidation sites excluding steroid dienone is 1. The number of benzene rings is 2. The Morgan fingerprint density at radius 1 is 1.08 bits per heavy atom. The fraction of sp³-hybridized carbons (Fsp3) is 0.250. The zero-order chi connectivity index (χ0) is 17.5. The van der Waals surface area contributed by atoms with E-state index in [2.05, 4.69) is 6.92 Å². The molecule has 24 heavy (non-hydrogen) atoms. The lowest BCUT2D eigenvalue weighted by Crippen LogP contribution is -1.97. The molecule has 0 aliphatic carbocycles. The van der Waals surface area contributed by atoms with Gasteiger partial charge >= 0.3 is 0 Å². The summed E-state index contributed by atoms with van der Waals surface area (Å²) in [4.78, 5) is 12.2. The summed E-state index contributed by atoms with van der Waals surface area (Å²) in [6.07, 6.45) is 5.14. The van der Waals surface area contributed by atoms with Gasteiger partial charge in [-0.3, -0.25) is 4.79 Å². The van der Waals surface area contributed by atoms with Gasteiger partial charge in [-0.05, 0) is 54.5 Å². The van der Waals surface area contributed by atoms with Crippen molar-refractivity contribution < 1.29 is 19.4 Å². The molecule has 0 saturated heterocycles. The van der Waals surface area contributed by atoms with Gasteiger partial charge in [-0.2, -0.15) is 0 Å². The average molecular weight is 326 g/mol. The Kier molecular flexibility index (Phi) is 6.01. The van der Waals surface area contributed by atoms with Gasteiger partial charge < -0.3 is 14.6 Å². The van der Waals surface area contributed by atoms with Gasteiger partial charge in [-0.1, -0.05) is 13.3 Å². The van der Waals surface area contributed by atoms with E-state index in [1.54, 1.807) is 32.4 Å². The van der Waals surface area contributed by atoms with E-state index in [0.717, 1.165) is 29.7 Å². The van der Waals surface area contributed by atoms with E-state index in [9.17, 15) is 9.90 Å². The number of ether oxygens (including phenoxy) is 2. The second-order valence-corrected chi connectivity index (χ2v) is 5.40. The highest BCUT2D eigenvalue weighted by Crippen LogP contribution is 2.31. The van der Waals surface area contributed by atoms with Crippen molar-refractivity contribution in [3.63, 3.8) is 0 Å². The lowest BCUT2D eigenvalue weighted by molar-refractivity contribution is 0.104. The summed E-state index contributed by atoms with van der Waals surface area (Å²) in [7, 11) is 3.23.